The second-order valence-electron chi connectivity index (χ2n) is 3.22. The van der Waals surface area contributed by atoms with E-state index in [9.17, 15) is 0 Å². The van der Waals surface area contributed by atoms with Crippen LogP contribution in [0.4, 0.5) is 0 Å². The summed E-state index contributed by atoms with van der Waals surface area (Å²) in [4.78, 5) is 5.17. The highest BCUT2D eigenvalue weighted by Crippen LogP contribution is 2.36. The maximum atomic E-state index is 6.01. The van der Waals surface area contributed by atoms with Crippen LogP contribution in [0.5, 0.6) is 0 Å². The molecule has 2 aromatic rings. The third kappa shape index (κ3) is 1.55. The molecule has 0 N–H and O–H groups in total. The van der Waals surface area contributed by atoms with Gasteiger partial charge in [-0.25, -0.2) is 0 Å². The minimum atomic E-state index is 0.538. The van der Waals surface area contributed by atoms with E-state index in [0.717, 1.165) is 13.6 Å². The lowest BCUT2D eigenvalue weighted by Crippen LogP contribution is -2.05. The summed E-state index contributed by atoms with van der Waals surface area (Å²) in [6.07, 6.45) is 0. The molecule has 0 saturated heterocycles. The third-order valence-corrected chi connectivity index (χ3v) is 4.45. The van der Waals surface area contributed by atoms with Crippen LogP contribution in [0, 0.1) is 0 Å². The van der Waals surface area contributed by atoms with Gasteiger partial charge in [0.25, 0.3) is 0 Å². The number of nitrogens with zero attached hydrogens (tertiary/aromatic N) is 1. The molecule has 3 rings (SSSR count). The molecule has 1 aliphatic heterocycles. The van der Waals surface area contributed by atoms with Gasteiger partial charge in [0, 0.05) is 15.8 Å². The van der Waals surface area contributed by atoms with Crippen molar-refractivity contribution in [3.63, 3.8) is 0 Å². The SMILES string of the molecule is Clc1cc2ccc3c(c2s1)CON=C3I. The predicted molar refractivity (Wildman–Crippen MR) is 72.2 cm³/mol. The maximum absolute atomic E-state index is 6.01. The van der Waals surface area contributed by atoms with Gasteiger partial charge in [-0.1, -0.05) is 28.9 Å². The number of fused-ring (bicyclic) bond motifs is 3. The van der Waals surface area contributed by atoms with Crippen LogP contribution in [0.15, 0.2) is 23.4 Å². The van der Waals surface area contributed by atoms with Crippen molar-refractivity contribution in [1.82, 2.24) is 0 Å². The lowest BCUT2D eigenvalue weighted by atomic mass is 10.1. The molecule has 0 aliphatic carbocycles. The molecule has 15 heavy (non-hydrogen) atoms. The standard InChI is InChI=1S/C10H5ClINOS/c11-8-3-5-1-2-6-7(9(5)15-8)4-14-13-10(6)12/h1-3H,4H2. The van der Waals surface area contributed by atoms with Crippen LogP contribution in [0.2, 0.25) is 4.34 Å². The molecule has 0 amide bonds. The number of benzene rings is 1. The maximum Gasteiger partial charge on any atom is 0.148 e. The average molecular weight is 350 g/mol. The van der Waals surface area contributed by atoms with E-state index >= 15 is 0 Å². The summed E-state index contributed by atoms with van der Waals surface area (Å²) in [6, 6.07) is 6.14. The fourth-order valence-electron chi connectivity index (χ4n) is 1.67. The van der Waals surface area contributed by atoms with Crippen molar-refractivity contribution in [1.29, 1.82) is 0 Å². The highest BCUT2D eigenvalue weighted by atomic mass is 127. The van der Waals surface area contributed by atoms with Gasteiger partial charge in [-0.15, -0.1) is 11.3 Å². The van der Waals surface area contributed by atoms with E-state index in [2.05, 4.69) is 39.9 Å². The van der Waals surface area contributed by atoms with Crippen molar-refractivity contribution in [3.8, 4) is 0 Å². The van der Waals surface area contributed by atoms with Gasteiger partial charge in [-0.2, -0.15) is 0 Å². The van der Waals surface area contributed by atoms with Gasteiger partial charge < -0.3 is 4.84 Å². The normalized spacial score (nSPS) is 14.7. The lowest BCUT2D eigenvalue weighted by molar-refractivity contribution is 0.128. The van der Waals surface area contributed by atoms with Crippen LogP contribution in [0.3, 0.4) is 0 Å². The highest BCUT2D eigenvalue weighted by Gasteiger charge is 2.17. The Morgan fingerprint density at radius 2 is 2.33 bits per heavy atom. The molecule has 0 fully saturated rings. The summed E-state index contributed by atoms with van der Waals surface area (Å²) >= 11 is 9.79. The minimum absolute atomic E-state index is 0.538. The van der Waals surface area contributed by atoms with Gasteiger partial charge in [0.1, 0.15) is 10.3 Å². The molecule has 0 radical (unpaired) electrons. The average Bonchev–Trinajstić information content (AvgIpc) is 2.59. The van der Waals surface area contributed by atoms with E-state index in [1.165, 1.54) is 15.6 Å². The number of oxime groups is 1. The van der Waals surface area contributed by atoms with Crippen molar-refractivity contribution in [3.05, 3.63) is 33.7 Å². The largest absolute Gasteiger partial charge is 0.390 e. The number of halogens is 2. The van der Waals surface area contributed by atoms with Crippen LogP contribution in [0.25, 0.3) is 10.1 Å². The van der Waals surface area contributed by atoms with Gasteiger partial charge in [0.2, 0.25) is 0 Å². The molecule has 76 valence electrons. The van der Waals surface area contributed by atoms with E-state index in [1.54, 1.807) is 11.3 Å². The quantitative estimate of drug-likeness (QED) is 0.654. The van der Waals surface area contributed by atoms with E-state index in [4.69, 9.17) is 16.4 Å². The number of thiophene rings is 1. The first-order valence-corrected chi connectivity index (χ1v) is 6.60. The summed E-state index contributed by atoms with van der Waals surface area (Å²) in [7, 11) is 0. The first-order chi connectivity index (χ1) is 7.25. The second kappa shape index (κ2) is 3.61. The van der Waals surface area contributed by atoms with Crippen LogP contribution >= 0.6 is 45.5 Å². The number of hydrogen-bond acceptors (Lipinski definition) is 3. The molecule has 0 bridgehead atoms. The van der Waals surface area contributed by atoms with Crippen LogP contribution in [-0.4, -0.2) is 3.72 Å². The second-order valence-corrected chi connectivity index (χ2v) is 5.92. The van der Waals surface area contributed by atoms with Crippen LogP contribution < -0.4 is 0 Å². The van der Waals surface area contributed by atoms with Crippen molar-refractivity contribution in [2.75, 3.05) is 0 Å². The highest BCUT2D eigenvalue weighted by molar-refractivity contribution is 14.1. The Kier molecular flexibility index (Phi) is 2.37. The summed E-state index contributed by atoms with van der Waals surface area (Å²) in [5, 5.41) is 5.14. The molecule has 1 aliphatic rings. The first kappa shape index (κ1) is 9.86. The number of rotatable bonds is 0. The fourth-order valence-corrected chi connectivity index (χ4v) is 3.58. The Labute approximate surface area is 109 Å². The third-order valence-electron chi connectivity index (χ3n) is 2.34. The van der Waals surface area contributed by atoms with Gasteiger partial charge in [-0.05, 0) is 34.0 Å². The minimum Gasteiger partial charge on any atom is -0.390 e. The van der Waals surface area contributed by atoms with Gasteiger partial charge in [0.05, 0.1) is 4.34 Å². The smallest absolute Gasteiger partial charge is 0.148 e. The van der Waals surface area contributed by atoms with Crippen LogP contribution in [0.1, 0.15) is 11.1 Å². The molecular weight excluding hydrogens is 345 g/mol. The van der Waals surface area contributed by atoms with Crippen molar-refractivity contribution < 1.29 is 4.84 Å². The molecule has 1 aromatic carbocycles. The van der Waals surface area contributed by atoms with Crippen molar-refractivity contribution in [2.45, 2.75) is 6.61 Å². The molecule has 0 unspecified atom stereocenters. The molecule has 0 saturated carbocycles. The molecule has 5 heteroatoms. The zero-order valence-corrected chi connectivity index (χ0v) is 11.2. The number of hydrogen-bond donors (Lipinski definition) is 0. The van der Waals surface area contributed by atoms with Crippen LogP contribution in [-0.2, 0) is 11.4 Å². The summed E-state index contributed by atoms with van der Waals surface area (Å²) in [6.45, 7) is 0.538. The summed E-state index contributed by atoms with van der Waals surface area (Å²) < 4.78 is 2.93. The Balaban J connectivity index is 2.38. The lowest BCUT2D eigenvalue weighted by Gasteiger charge is -2.13. The van der Waals surface area contributed by atoms with Crippen molar-refractivity contribution in [2.24, 2.45) is 5.16 Å². The van der Waals surface area contributed by atoms with E-state index < -0.39 is 0 Å². The monoisotopic (exact) mass is 349 g/mol. The topological polar surface area (TPSA) is 21.6 Å². The Morgan fingerprint density at radius 3 is 3.20 bits per heavy atom. The fraction of sp³-hybridized carbons (Fsp3) is 0.100. The Bertz CT molecular complexity index is 578. The molecule has 2 heterocycles. The van der Waals surface area contributed by atoms with Gasteiger partial charge in [0.15, 0.2) is 0 Å². The predicted octanol–water partition coefficient (Wildman–Crippen LogP) is 4.18. The van der Waals surface area contributed by atoms with E-state index in [1.807, 2.05) is 6.07 Å². The van der Waals surface area contributed by atoms with Gasteiger partial charge in [-0.3, -0.25) is 0 Å². The van der Waals surface area contributed by atoms with Gasteiger partial charge >= 0.3 is 0 Å². The molecule has 0 atom stereocenters. The van der Waals surface area contributed by atoms with E-state index in [0.29, 0.717) is 6.61 Å². The summed E-state index contributed by atoms with van der Waals surface area (Å²) in [5.41, 5.74) is 2.36. The zero-order chi connectivity index (χ0) is 10.4. The zero-order valence-electron chi connectivity index (χ0n) is 7.46. The molecular formula is C10H5ClINOS. The molecule has 1 aromatic heterocycles. The van der Waals surface area contributed by atoms with Crippen molar-refractivity contribution >= 4 is 59.3 Å². The van der Waals surface area contributed by atoms with E-state index in [-0.39, 0.29) is 0 Å². The Morgan fingerprint density at radius 1 is 1.47 bits per heavy atom. The first-order valence-electron chi connectivity index (χ1n) is 4.32. The molecule has 0 spiro atoms. The summed E-state index contributed by atoms with van der Waals surface area (Å²) in [5.74, 6) is 0. The molecule has 2 nitrogen and oxygen atoms in total. The Hall–Kier alpha value is -0.330.